The number of methoxy groups -OCH3 is 1. The van der Waals surface area contributed by atoms with Gasteiger partial charge in [0.2, 0.25) is 5.82 Å². The van der Waals surface area contributed by atoms with Crippen molar-refractivity contribution >= 4 is 11.6 Å². The standard InChI is InChI=1S/C20H21FN2O5/c1-27-18-10-14(8-9-17(18)28-12-13-4-2-5-13)11-22-20(24)15-6-3-7-16(19(15)21)23(25)26/h3,6-10,13H,2,4-5,11-12H2,1H3,(H,22,24). The Labute approximate surface area is 161 Å². The zero-order valence-corrected chi connectivity index (χ0v) is 15.4. The Balaban J connectivity index is 1.64. The van der Waals surface area contributed by atoms with Gasteiger partial charge in [-0.25, -0.2) is 0 Å². The maximum Gasteiger partial charge on any atom is 0.305 e. The van der Waals surface area contributed by atoms with Gasteiger partial charge in [0.15, 0.2) is 11.5 Å². The predicted octanol–water partition coefficient (Wildman–Crippen LogP) is 3.85. The molecule has 8 heteroatoms. The van der Waals surface area contributed by atoms with E-state index in [4.69, 9.17) is 9.47 Å². The Bertz CT molecular complexity index is 883. The Morgan fingerprint density at radius 2 is 2.07 bits per heavy atom. The van der Waals surface area contributed by atoms with Crippen molar-refractivity contribution in [3.63, 3.8) is 0 Å². The number of benzene rings is 2. The topological polar surface area (TPSA) is 90.7 Å². The van der Waals surface area contributed by atoms with Gasteiger partial charge in [0.25, 0.3) is 5.91 Å². The van der Waals surface area contributed by atoms with Crippen LogP contribution >= 0.6 is 0 Å². The zero-order chi connectivity index (χ0) is 20.1. The minimum Gasteiger partial charge on any atom is -0.493 e. The first-order valence-electron chi connectivity index (χ1n) is 9.00. The number of nitro benzene ring substituents is 1. The molecule has 0 unspecified atom stereocenters. The van der Waals surface area contributed by atoms with Crippen molar-refractivity contribution in [2.24, 2.45) is 5.92 Å². The molecule has 1 aliphatic carbocycles. The second kappa shape index (κ2) is 8.69. The molecule has 0 aromatic heterocycles. The first kappa shape index (κ1) is 19.6. The Hall–Kier alpha value is -3.16. The van der Waals surface area contributed by atoms with E-state index >= 15 is 0 Å². The number of hydrogen-bond acceptors (Lipinski definition) is 5. The summed E-state index contributed by atoms with van der Waals surface area (Å²) in [5, 5.41) is 13.4. The number of nitro groups is 1. The van der Waals surface area contributed by atoms with Gasteiger partial charge in [-0.05, 0) is 42.5 Å². The summed E-state index contributed by atoms with van der Waals surface area (Å²) in [7, 11) is 1.53. The molecule has 0 saturated heterocycles. The van der Waals surface area contributed by atoms with Crippen LogP contribution < -0.4 is 14.8 Å². The number of ether oxygens (including phenoxy) is 2. The van der Waals surface area contributed by atoms with E-state index in [0.717, 1.165) is 11.6 Å². The molecule has 1 amide bonds. The normalized spacial score (nSPS) is 13.5. The fraction of sp³-hybridized carbons (Fsp3) is 0.350. The highest BCUT2D eigenvalue weighted by Gasteiger charge is 2.22. The summed E-state index contributed by atoms with van der Waals surface area (Å²) in [5.74, 6) is -0.108. The van der Waals surface area contributed by atoms with Crippen LogP contribution in [-0.2, 0) is 6.54 Å². The maximum atomic E-state index is 14.1. The highest BCUT2D eigenvalue weighted by atomic mass is 19.1. The van der Waals surface area contributed by atoms with E-state index < -0.39 is 22.3 Å². The third kappa shape index (κ3) is 4.39. The van der Waals surface area contributed by atoms with E-state index in [0.29, 0.717) is 24.0 Å². The number of carbonyl (C=O) groups is 1. The molecule has 0 radical (unpaired) electrons. The van der Waals surface area contributed by atoms with Crippen molar-refractivity contribution in [1.29, 1.82) is 0 Å². The molecule has 0 bridgehead atoms. The van der Waals surface area contributed by atoms with E-state index in [1.807, 2.05) is 0 Å². The first-order chi connectivity index (χ1) is 13.5. The van der Waals surface area contributed by atoms with Crippen LogP contribution in [0.25, 0.3) is 0 Å². The Morgan fingerprint density at radius 1 is 1.29 bits per heavy atom. The van der Waals surface area contributed by atoms with Gasteiger partial charge in [-0.15, -0.1) is 0 Å². The third-order valence-corrected chi connectivity index (χ3v) is 4.80. The minimum atomic E-state index is -1.15. The van der Waals surface area contributed by atoms with Gasteiger partial charge in [0.1, 0.15) is 0 Å². The minimum absolute atomic E-state index is 0.111. The lowest BCUT2D eigenvalue weighted by atomic mass is 9.86. The van der Waals surface area contributed by atoms with Crippen molar-refractivity contribution in [2.45, 2.75) is 25.8 Å². The Morgan fingerprint density at radius 3 is 2.71 bits per heavy atom. The second-order valence-electron chi connectivity index (χ2n) is 6.67. The molecule has 7 nitrogen and oxygen atoms in total. The van der Waals surface area contributed by atoms with Gasteiger partial charge in [-0.1, -0.05) is 18.6 Å². The SMILES string of the molecule is COc1cc(CNC(=O)c2cccc([N+](=O)[O-])c2F)ccc1OCC1CCC1. The molecule has 28 heavy (non-hydrogen) atoms. The van der Waals surface area contributed by atoms with Gasteiger partial charge in [0.05, 0.1) is 24.2 Å². The number of rotatable bonds is 8. The number of carbonyl (C=O) groups excluding carboxylic acids is 1. The van der Waals surface area contributed by atoms with Crippen LogP contribution in [0.3, 0.4) is 0 Å². The first-order valence-corrected chi connectivity index (χ1v) is 9.00. The largest absolute Gasteiger partial charge is 0.493 e. The van der Waals surface area contributed by atoms with Gasteiger partial charge in [-0.2, -0.15) is 4.39 Å². The van der Waals surface area contributed by atoms with Crippen LogP contribution in [-0.4, -0.2) is 24.5 Å². The number of amides is 1. The summed E-state index contributed by atoms with van der Waals surface area (Å²) in [6, 6.07) is 8.78. The van der Waals surface area contributed by atoms with E-state index in [2.05, 4.69) is 5.32 Å². The summed E-state index contributed by atoms with van der Waals surface area (Å²) < 4.78 is 25.3. The van der Waals surface area contributed by atoms with Crippen molar-refractivity contribution < 1.29 is 23.6 Å². The predicted molar refractivity (Wildman–Crippen MR) is 100 cm³/mol. The van der Waals surface area contributed by atoms with Gasteiger partial charge < -0.3 is 14.8 Å². The molecule has 0 atom stereocenters. The molecule has 3 rings (SSSR count). The number of halogens is 1. The zero-order valence-electron chi connectivity index (χ0n) is 15.4. The fourth-order valence-electron chi connectivity index (χ4n) is 2.92. The molecule has 2 aromatic rings. The van der Waals surface area contributed by atoms with Crippen LogP contribution in [0.4, 0.5) is 10.1 Å². The maximum absolute atomic E-state index is 14.1. The Kier molecular flexibility index (Phi) is 6.08. The van der Waals surface area contributed by atoms with Crippen LogP contribution in [0.1, 0.15) is 35.2 Å². The molecular formula is C20H21FN2O5. The molecule has 1 N–H and O–H groups in total. The molecule has 0 aliphatic heterocycles. The van der Waals surface area contributed by atoms with Crippen molar-refractivity contribution in [3.05, 3.63) is 63.5 Å². The summed E-state index contributed by atoms with van der Waals surface area (Å²) in [4.78, 5) is 22.2. The van der Waals surface area contributed by atoms with Crippen molar-refractivity contribution in [3.8, 4) is 11.5 Å². The lowest BCUT2D eigenvalue weighted by Crippen LogP contribution is -2.24. The second-order valence-corrected chi connectivity index (χ2v) is 6.67. The molecular weight excluding hydrogens is 367 g/mol. The quantitative estimate of drug-likeness (QED) is 0.548. The average Bonchev–Trinajstić information content (AvgIpc) is 2.65. The van der Waals surface area contributed by atoms with Gasteiger partial charge >= 0.3 is 5.69 Å². The summed E-state index contributed by atoms with van der Waals surface area (Å²) >= 11 is 0. The van der Waals surface area contributed by atoms with E-state index in [1.54, 1.807) is 18.2 Å². The van der Waals surface area contributed by atoms with E-state index in [-0.39, 0.29) is 12.1 Å². The molecule has 1 fully saturated rings. The number of nitrogens with one attached hydrogen (secondary N) is 1. The highest BCUT2D eigenvalue weighted by molar-refractivity contribution is 5.95. The monoisotopic (exact) mass is 388 g/mol. The highest BCUT2D eigenvalue weighted by Crippen LogP contribution is 2.32. The molecule has 0 heterocycles. The molecule has 1 aliphatic rings. The summed E-state index contributed by atoms with van der Waals surface area (Å²) in [6.45, 7) is 0.763. The lowest BCUT2D eigenvalue weighted by molar-refractivity contribution is -0.387. The molecule has 1 saturated carbocycles. The van der Waals surface area contributed by atoms with Crippen LogP contribution in [0.15, 0.2) is 36.4 Å². The summed E-state index contributed by atoms with van der Waals surface area (Å²) in [6.07, 6.45) is 3.61. The lowest BCUT2D eigenvalue weighted by Gasteiger charge is -2.25. The molecule has 148 valence electrons. The number of hydrogen-bond donors (Lipinski definition) is 1. The summed E-state index contributed by atoms with van der Waals surface area (Å²) in [5.41, 5.74) is -0.379. The van der Waals surface area contributed by atoms with Gasteiger partial charge in [0, 0.05) is 12.6 Å². The van der Waals surface area contributed by atoms with Crippen LogP contribution in [0.5, 0.6) is 11.5 Å². The van der Waals surface area contributed by atoms with E-state index in [1.165, 1.54) is 38.5 Å². The molecule has 0 spiro atoms. The van der Waals surface area contributed by atoms with Crippen LogP contribution in [0.2, 0.25) is 0 Å². The number of nitrogens with zero attached hydrogens (tertiary/aromatic N) is 1. The van der Waals surface area contributed by atoms with Crippen molar-refractivity contribution in [1.82, 2.24) is 5.32 Å². The van der Waals surface area contributed by atoms with E-state index in [9.17, 15) is 19.3 Å². The van der Waals surface area contributed by atoms with Gasteiger partial charge in [-0.3, -0.25) is 14.9 Å². The third-order valence-electron chi connectivity index (χ3n) is 4.80. The average molecular weight is 388 g/mol. The van der Waals surface area contributed by atoms with Crippen LogP contribution in [0, 0.1) is 21.8 Å². The molecule has 2 aromatic carbocycles. The smallest absolute Gasteiger partial charge is 0.305 e. The van der Waals surface area contributed by atoms with Crippen molar-refractivity contribution in [2.75, 3.05) is 13.7 Å². The fourth-order valence-corrected chi connectivity index (χ4v) is 2.92.